The molecule has 2 atom stereocenters. The Hall–Kier alpha value is -1.06. The molecule has 0 saturated heterocycles. The fraction of sp³-hybridized carbons (Fsp3) is 0.846. The third kappa shape index (κ3) is 5.71. The summed E-state index contributed by atoms with van der Waals surface area (Å²) in [5, 5.41) is 0. The Morgan fingerprint density at radius 3 is 1.65 bits per heavy atom. The second-order valence-corrected chi connectivity index (χ2v) is 4.76. The summed E-state index contributed by atoms with van der Waals surface area (Å²) in [4.78, 5) is 21.7. The van der Waals surface area contributed by atoms with Crippen LogP contribution in [0.5, 0.6) is 0 Å². The van der Waals surface area contributed by atoms with Crippen LogP contribution in [0.1, 0.15) is 46.0 Å². The van der Waals surface area contributed by atoms with E-state index < -0.39 is 0 Å². The van der Waals surface area contributed by atoms with Crippen LogP contribution >= 0.6 is 0 Å². The van der Waals surface area contributed by atoms with E-state index in [-0.39, 0.29) is 11.9 Å². The summed E-state index contributed by atoms with van der Waals surface area (Å²) in [6, 6.07) is 0. The van der Waals surface area contributed by atoms with Gasteiger partial charge in [0.05, 0.1) is 13.2 Å². The van der Waals surface area contributed by atoms with E-state index in [1.165, 1.54) is 33.1 Å². The predicted molar refractivity (Wildman–Crippen MR) is 63.3 cm³/mol. The minimum atomic E-state index is -0.236. The van der Waals surface area contributed by atoms with Gasteiger partial charge in [0.1, 0.15) is 0 Å². The molecular weight excluding hydrogens is 220 g/mol. The van der Waals surface area contributed by atoms with Crippen molar-refractivity contribution >= 4 is 11.9 Å². The van der Waals surface area contributed by atoms with Gasteiger partial charge in [-0.05, 0) is 24.7 Å². The molecule has 4 heteroatoms. The van der Waals surface area contributed by atoms with Crippen molar-refractivity contribution in [1.29, 1.82) is 0 Å². The highest BCUT2D eigenvalue weighted by Crippen LogP contribution is 2.29. The number of rotatable bonds is 4. The quantitative estimate of drug-likeness (QED) is 0.560. The highest BCUT2D eigenvalue weighted by Gasteiger charge is 2.25. The lowest BCUT2D eigenvalue weighted by molar-refractivity contribution is -0.147. The van der Waals surface area contributed by atoms with Crippen molar-refractivity contribution in [3.05, 3.63) is 0 Å². The fourth-order valence-corrected chi connectivity index (χ4v) is 2.35. The zero-order chi connectivity index (χ0) is 12.7. The first-order valence-electron chi connectivity index (χ1n) is 6.36. The van der Waals surface area contributed by atoms with E-state index in [0.29, 0.717) is 25.0 Å². The predicted octanol–water partition coefficient (Wildman–Crippen LogP) is 2.31. The lowest BCUT2D eigenvalue weighted by atomic mass is 9.89. The van der Waals surface area contributed by atoms with Crippen molar-refractivity contribution in [2.75, 3.05) is 13.2 Å². The van der Waals surface area contributed by atoms with E-state index in [1.807, 2.05) is 0 Å². The van der Waals surface area contributed by atoms with Crippen LogP contribution in [0.15, 0.2) is 0 Å². The minimum absolute atomic E-state index is 0.236. The van der Waals surface area contributed by atoms with Gasteiger partial charge in [-0.15, -0.1) is 0 Å². The molecule has 1 saturated carbocycles. The number of ether oxygens (including phenoxy) is 2. The molecule has 1 aliphatic carbocycles. The number of esters is 2. The second kappa shape index (κ2) is 7.30. The molecule has 1 rings (SSSR count). The lowest BCUT2D eigenvalue weighted by Gasteiger charge is -2.24. The molecule has 0 N–H and O–H groups in total. The smallest absolute Gasteiger partial charge is 0.302 e. The van der Waals surface area contributed by atoms with Crippen LogP contribution in [0.2, 0.25) is 0 Å². The molecule has 0 spiro atoms. The lowest BCUT2D eigenvalue weighted by Crippen LogP contribution is -2.25. The molecule has 0 aromatic carbocycles. The zero-order valence-electron chi connectivity index (χ0n) is 10.7. The van der Waals surface area contributed by atoms with Crippen LogP contribution < -0.4 is 0 Å². The van der Waals surface area contributed by atoms with Crippen molar-refractivity contribution in [2.24, 2.45) is 11.8 Å². The van der Waals surface area contributed by atoms with Crippen LogP contribution in [0.4, 0.5) is 0 Å². The number of carbonyl (C=O) groups excluding carboxylic acids is 2. The number of hydrogen-bond donors (Lipinski definition) is 0. The van der Waals surface area contributed by atoms with Crippen molar-refractivity contribution in [2.45, 2.75) is 46.0 Å². The van der Waals surface area contributed by atoms with Gasteiger partial charge in [-0.25, -0.2) is 0 Å². The molecule has 1 aliphatic rings. The van der Waals surface area contributed by atoms with Gasteiger partial charge in [-0.1, -0.05) is 19.3 Å². The van der Waals surface area contributed by atoms with Gasteiger partial charge in [0, 0.05) is 13.8 Å². The van der Waals surface area contributed by atoms with E-state index in [4.69, 9.17) is 9.47 Å². The maximum atomic E-state index is 10.8. The normalized spacial score (nSPS) is 24.8. The summed E-state index contributed by atoms with van der Waals surface area (Å²) in [7, 11) is 0. The molecule has 0 bridgehead atoms. The second-order valence-electron chi connectivity index (χ2n) is 4.76. The topological polar surface area (TPSA) is 52.6 Å². The van der Waals surface area contributed by atoms with Crippen molar-refractivity contribution in [3.8, 4) is 0 Å². The molecule has 0 amide bonds. The third-order valence-electron chi connectivity index (χ3n) is 3.32. The molecule has 17 heavy (non-hydrogen) atoms. The van der Waals surface area contributed by atoms with Crippen LogP contribution in [0, 0.1) is 11.8 Å². The summed E-state index contributed by atoms with van der Waals surface area (Å²) in [6.07, 6.45) is 5.66. The number of carbonyl (C=O) groups is 2. The number of hydrogen-bond acceptors (Lipinski definition) is 4. The van der Waals surface area contributed by atoms with Crippen molar-refractivity contribution in [1.82, 2.24) is 0 Å². The first kappa shape index (κ1) is 14.0. The molecule has 0 radical (unpaired) electrons. The molecule has 0 unspecified atom stereocenters. The Labute approximate surface area is 103 Å². The van der Waals surface area contributed by atoms with Crippen molar-refractivity contribution < 1.29 is 19.1 Å². The third-order valence-corrected chi connectivity index (χ3v) is 3.32. The zero-order valence-corrected chi connectivity index (χ0v) is 10.7. The van der Waals surface area contributed by atoms with Gasteiger partial charge in [0.25, 0.3) is 0 Å². The summed E-state index contributed by atoms with van der Waals surface area (Å²) in [5.41, 5.74) is 0. The van der Waals surface area contributed by atoms with E-state index in [1.54, 1.807) is 0 Å². The van der Waals surface area contributed by atoms with E-state index >= 15 is 0 Å². The van der Waals surface area contributed by atoms with Gasteiger partial charge >= 0.3 is 11.9 Å². The Bertz CT molecular complexity index is 236. The fourth-order valence-electron chi connectivity index (χ4n) is 2.35. The van der Waals surface area contributed by atoms with E-state index in [9.17, 15) is 9.59 Å². The highest BCUT2D eigenvalue weighted by molar-refractivity contribution is 5.66. The van der Waals surface area contributed by atoms with Crippen LogP contribution in [0.25, 0.3) is 0 Å². The summed E-state index contributed by atoms with van der Waals surface area (Å²) >= 11 is 0. The first-order valence-corrected chi connectivity index (χ1v) is 6.36. The van der Waals surface area contributed by atoms with E-state index in [2.05, 4.69) is 0 Å². The highest BCUT2D eigenvalue weighted by atomic mass is 16.5. The molecular formula is C13H22O4. The average molecular weight is 242 g/mol. The molecule has 1 fully saturated rings. The Morgan fingerprint density at radius 2 is 1.29 bits per heavy atom. The van der Waals surface area contributed by atoms with Gasteiger partial charge in [0.2, 0.25) is 0 Å². The first-order chi connectivity index (χ1) is 8.09. The molecule has 4 nitrogen and oxygen atoms in total. The van der Waals surface area contributed by atoms with E-state index in [0.717, 1.165) is 12.8 Å². The summed E-state index contributed by atoms with van der Waals surface area (Å²) < 4.78 is 10.2. The standard InChI is InChI=1S/C13H22O4/c1-10(14)16-8-12-6-4-3-5-7-13(12)9-17-11(2)15/h12-13H,3-9H2,1-2H3/t12-,13+. The van der Waals surface area contributed by atoms with Crippen LogP contribution in [0.3, 0.4) is 0 Å². The van der Waals surface area contributed by atoms with Crippen LogP contribution in [-0.2, 0) is 19.1 Å². The monoisotopic (exact) mass is 242 g/mol. The molecule has 0 aromatic heterocycles. The Balaban J connectivity index is 2.46. The Morgan fingerprint density at radius 1 is 0.882 bits per heavy atom. The maximum Gasteiger partial charge on any atom is 0.302 e. The van der Waals surface area contributed by atoms with Gasteiger partial charge in [0.15, 0.2) is 0 Å². The molecule has 0 aromatic rings. The summed E-state index contributed by atoms with van der Waals surface area (Å²) in [6.45, 7) is 3.78. The molecule has 0 heterocycles. The molecule has 98 valence electrons. The van der Waals surface area contributed by atoms with Crippen LogP contribution in [-0.4, -0.2) is 25.2 Å². The summed E-state index contributed by atoms with van der Waals surface area (Å²) in [5.74, 6) is 0.197. The Kier molecular flexibility index (Phi) is 6.01. The van der Waals surface area contributed by atoms with Gasteiger partial charge in [-0.2, -0.15) is 0 Å². The maximum absolute atomic E-state index is 10.8. The van der Waals surface area contributed by atoms with Crippen molar-refractivity contribution in [3.63, 3.8) is 0 Å². The van der Waals surface area contributed by atoms with Gasteiger partial charge in [-0.3, -0.25) is 9.59 Å². The minimum Gasteiger partial charge on any atom is -0.466 e. The SMILES string of the molecule is CC(=O)OC[C@H]1CCCCC[C@H]1COC(C)=O. The largest absolute Gasteiger partial charge is 0.466 e. The molecule has 0 aliphatic heterocycles. The van der Waals surface area contributed by atoms with Gasteiger partial charge < -0.3 is 9.47 Å². The average Bonchev–Trinajstić information content (AvgIpc) is 2.48.